The highest BCUT2D eigenvalue weighted by molar-refractivity contribution is 7.92. The molecule has 9 nitrogen and oxygen atoms in total. The van der Waals surface area contributed by atoms with Crippen molar-refractivity contribution in [2.45, 2.75) is 32.9 Å². The quantitative estimate of drug-likeness (QED) is 0.383. The molecule has 40 heavy (non-hydrogen) atoms. The number of carbonyl (C=O) groups excluding carboxylic acids is 2. The summed E-state index contributed by atoms with van der Waals surface area (Å²) in [5, 5.41) is 2.68. The van der Waals surface area contributed by atoms with Crippen LogP contribution in [-0.2, 0) is 32.6 Å². The molecule has 1 heterocycles. The van der Waals surface area contributed by atoms with E-state index in [1.807, 2.05) is 61.5 Å². The summed E-state index contributed by atoms with van der Waals surface area (Å²) in [7, 11) is -2.34. The highest BCUT2D eigenvalue weighted by Gasteiger charge is 2.33. The van der Waals surface area contributed by atoms with E-state index >= 15 is 0 Å². The molecular formula is C30H35N3O6S. The molecule has 0 unspecified atom stereocenters. The van der Waals surface area contributed by atoms with Gasteiger partial charge in [-0.25, -0.2) is 8.42 Å². The number of fused-ring (bicyclic) bond motifs is 1. The van der Waals surface area contributed by atoms with E-state index in [4.69, 9.17) is 9.47 Å². The first-order valence-corrected chi connectivity index (χ1v) is 14.8. The molecule has 0 radical (unpaired) electrons. The zero-order valence-corrected chi connectivity index (χ0v) is 23.8. The third kappa shape index (κ3) is 6.93. The van der Waals surface area contributed by atoms with Crippen molar-refractivity contribution in [1.29, 1.82) is 0 Å². The molecule has 0 aromatic heterocycles. The monoisotopic (exact) mass is 565 g/mol. The summed E-state index contributed by atoms with van der Waals surface area (Å²) < 4.78 is 38.9. The van der Waals surface area contributed by atoms with Crippen LogP contribution in [0.2, 0.25) is 0 Å². The number of nitrogens with zero attached hydrogens (tertiary/aromatic N) is 2. The maximum Gasteiger partial charge on any atom is 0.244 e. The minimum atomic E-state index is -3.87. The van der Waals surface area contributed by atoms with Crippen molar-refractivity contribution in [2.75, 3.05) is 36.9 Å². The van der Waals surface area contributed by atoms with Crippen LogP contribution in [-0.4, -0.2) is 63.7 Å². The van der Waals surface area contributed by atoms with E-state index in [1.165, 1.54) is 18.9 Å². The van der Waals surface area contributed by atoms with Gasteiger partial charge in [-0.1, -0.05) is 60.2 Å². The van der Waals surface area contributed by atoms with Gasteiger partial charge in [-0.2, -0.15) is 0 Å². The van der Waals surface area contributed by atoms with Crippen molar-refractivity contribution in [1.82, 2.24) is 10.2 Å². The van der Waals surface area contributed by atoms with Gasteiger partial charge in [-0.15, -0.1) is 0 Å². The average Bonchev–Trinajstić information content (AvgIpc) is 2.98. The Kier molecular flexibility index (Phi) is 9.31. The van der Waals surface area contributed by atoms with Crippen molar-refractivity contribution < 1.29 is 27.5 Å². The van der Waals surface area contributed by atoms with Gasteiger partial charge in [0.15, 0.2) is 11.5 Å². The van der Waals surface area contributed by atoms with E-state index in [0.29, 0.717) is 24.7 Å². The number of nitrogens with one attached hydrogen (secondary N) is 1. The summed E-state index contributed by atoms with van der Waals surface area (Å²) >= 11 is 0. The maximum atomic E-state index is 14.1. The fourth-order valence-electron chi connectivity index (χ4n) is 4.52. The molecule has 3 aromatic rings. The second-order valence-corrected chi connectivity index (χ2v) is 11.7. The number of amides is 2. The topological polar surface area (TPSA) is 105 Å². The highest BCUT2D eigenvalue weighted by Crippen LogP contribution is 2.35. The third-order valence-electron chi connectivity index (χ3n) is 6.78. The Labute approximate surface area is 235 Å². The standard InChI is InChI=1S/C30H35N3O6S/c1-4-40(36,37)33(25-14-15-27-28(19-25)39-17-16-38-27)21-29(34)32(20-24-12-10-22(2)11-13-24)26(30(35)31-3)18-23-8-6-5-7-9-23/h5-15,19,26H,4,16-18,20-21H2,1-3H3,(H,31,35)/t26-/m0/s1. The molecule has 4 rings (SSSR count). The van der Waals surface area contributed by atoms with Crippen molar-refractivity contribution in [3.8, 4) is 11.5 Å². The van der Waals surface area contributed by atoms with Crippen LogP contribution >= 0.6 is 0 Å². The number of hydrogen-bond donors (Lipinski definition) is 1. The Morgan fingerprint density at radius 2 is 1.60 bits per heavy atom. The normalized spacial score (nSPS) is 13.3. The fourth-order valence-corrected chi connectivity index (χ4v) is 5.57. The first-order chi connectivity index (χ1) is 19.2. The molecule has 0 saturated heterocycles. The Morgan fingerprint density at radius 3 is 2.25 bits per heavy atom. The van der Waals surface area contributed by atoms with Crippen LogP contribution in [0.3, 0.4) is 0 Å². The molecule has 3 aromatic carbocycles. The molecule has 0 aliphatic carbocycles. The van der Waals surface area contributed by atoms with Crippen molar-refractivity contribution in [2.24, 2.45) is 0 Å². The smallest absolute Gasteiger partial charge is 0.244 e. The molecule has 212 valence electrons. The molecule has 1 atom stereocenters. The lowest BCUT2D eigenvalue weighted by Gasteiger charge is -2.33. The molecule has 0 fully saturated rings. The van der Waals surface area contributed by atoms with Crippen molar-refractivity contribution in [3.63, 3.8) is 0 Å². The lowest BCUT2D eigenvalue weighted by Crippen LogP contribution is -2.53. The summed E-state index contributed by atoms with van der Waals surface area (Å²) in [4.78, 5) is 28.8. The lowest BCUT2D eigenvalue weighted by molar-refractivity contribution is -0.139. The predicted octanol–water partition coefficient (Wildman–Crippen LogP) is 3.31. The molecular weight excluding hydrogens is 530 g/mol. The number of aryl methyl sites for hydroxylation is 1. The number of likely N-dealkylation sites (N-methyl/N-ethyl adjacent to an activating group) is 1. The summed E-state index contributed by atoms with van der Waals surface area (Å²) in [6.45, 7) is 3.88. The SMILES string of the molecule is CCS(=O)(=O)N(CC(=O)N(Cc1ccc(C)cc1)[C@@H](Cc1ccccc1)C(=O)NC)c1ccc2c(c1)OCCO2. The largest absolute Gasteiger partial charge is 0.486 e. The Morgan fingerprint density at radius 1 is 0.925 bits per heavy atom. The van der Waals surface area contributed by atoms with Crippen LogP contribution < -0.4 is 19.1 Å². The fraction of sp³-hybridized carbons (Fsp3) is 0.333. The molecule has 0 saturated carbocycles. The Balaban J connectivity index is 1.72. The van der Waals surface area contributed by atoms with Gasteiger partial charge in [0.1, 0.15) is 25.8 Å². The number of rotatable bonds is 11. The van der Waals surface area contributed by atoms with Gasteiger partial charge < -0.3 is 19.7 Å². The minimum Gasteiger partial charge on any atom is -0.486 e. The van der Waals surface area contributed by atoms with Crippen LogP contribution in [0, 0.1) is 6.92 Å². The Hall–Kier alpha value is -4.05. The molecule has 1 N–H and O–H groups in total. The predicted molar refractivity (Wildman–Crippen MR) is 154 cm³/mol. The second-order valence-electron chi connectivity index (χ2n) is 9.56. The highest BCUT2D eigenvalue weighted by atomic mass is 32.2. The number of sulfonamides is 1. The molecule has 0 bridgehead atoms. The van der Waals surface area contributed by atoms with Crippen LogP contribution in [0.5, 0.6) is 11.5 Å². The van der Waals surface area contributed by atoms with Gasteiger partial charge >= 0.3 is 0 Å². The van der Waals surface area contributed by atoms with Crippen LogP contribution in [0.25, 0.3) is 0 Å². The summed E-state index contributed by atoms with van der Waals surface area (Å²) in [6.07, 6.45) is 0.267. The van der Waals surface area contributed by atoms with E-state index in [0.717, 1.165) is 21.0 Å². The molecule has 0 spiro atoms. The van der Waals surface area contributed by atoms with Crippen molar-refractivity contribution >= 4 is 27.5 Å². The van der Waals surface area contributed by atoms with Gasteiger partial charge in [0.25, 0.3) is 0 Å². The molecule has 10 heteroatoms. The van der Waals surface area contributed by atoms with E-state index in [-0.39, 0.29) is 30.3 Å². The first-order valence-electron chi connectivity index (χ1n) is 13.2. The third-order valence-corrected chi connectivity index (χ3v) is 8.53. The van der Waals surface area contributed by atoms with Crippen LogP contribution in [0.1, 0.15) is 23.6 Å². The number of anilines is 1. The first kappa shape index (κ1) is 28.9. The van der Waals surface area contributed by atoms with Gasteiger partial charge in [0.05, 0.1) is 11.4 Å². The van der Waals surface area contributed by atoms with Crippen LogP contribution in [0.15, 0.2) is 72.8 Å². The number of carbonyl (C=O) groups is 2. The summed E-state index contributed by atoms with van der Waals surface area (Å²) in [6, 6.07) is 21.0. The molecule has 2 amide bonds. The average molecular weight is 566 g/mol. The van der Waals surface area contributed by atoms with Gasteiger partial charge in [-0.3, -0.25) is 13.9 Å². The van der Waals surface area contributed by atoms with E-state index in [9.17, 15) is 18.0 Å². The van der Waals surface area contributed by atoms with E-state index in [2.05, 4.69) is 5.32 Å². The number of ether oxygens (including phenoxy) is 2. The van der Waals surface area contributed by atoms with Gasteiger partial charge in [0.2, 0.25) is 21.8 Å². The zero-order chi connectivity index (χ0) is 28.7. The van der Waals surface area contributed by atoms with Crippen molar-refractivity contribution in [3.05, 3.63) is 89.5 Å². The van der Waals surface area contributed by atoms with E-state index < -0.39 is 28.5 Å². The summed E-state index contributed by atoms with van der Waals surface area (Å²) in [5.74, 6) is -0.129. The van der Waals surface area contributed by atoms with Crippen LogP contribution in [0.4, 0.5) is 5.69 Å². The molecule has 1 aliphatic rings. The number of benzene rings is 3. The number of hydrogen-bond acceptors (Lipinski definition) is 6. The minimum absolute atomic E-state index is 0.130. The zero-order valence-electron chi connectivity index (χ0n) is 23.0. The Bertz CT molecular complexity index is 1430. The van der Waals surface area contributed by atoms with Gasteiger partial charge in [-0.05, 0) is 37.1 Å². The maximum absolute atomic E-state index is 14.1. The lowest BCUT2D eigenvalue weighted by atomic mass is 10.0. The second kappa shape index (κ2) is 12.9. The van der Waals surface area contributed by atoms with E-state index in [1.54, 1.807) is 18.2 Å². The molecule has 1 aliphatic heterocycles. The van der Waals surface area contributed by atoms with Gasteiger partial charge in [0, 0.05) is 26.1 Å². The summed E-state index contributed by atoms with van der Waals surface area (Å²) in [5.41, 5.74) is 3.05.